The van der Waals surface area contributed by atoms with Crippen molar-refractivity contribution in [3.63, 3.8) is 0 Å². The number of amides is 2. The summed E-state index contributed by atoms with van der Waals surface area (Å²) in [5, 5.41) is 18.5. The van der Waals surface area contributed by atoms with Gasteiger partial charge in [0.1, 0.15) is 0 Å². The minimum Gasteiger partial charge on any atom is -0.481 e. The van der Waals surface area contributed by atoms with Gasteiger partial charge in [-0.15, -0.1) is 0 Å². The Labute approximate surface area is 94.4 Å². The molecular weight excluding hydrogens is 234 g/mol. The number of nitrogens with zero attached hydrogens (tertiary/aromatic N) is 4. The molecule has 16 heavy (non-hydrogen) atoms. The molecule has 1 saturated heterocycles. The van der Waals surface area contributed by atoms with Gasteiger partial charge in [-0.1, -0.05) is 9.59 Å². The molecule has 1 aliphatic rings. The van der Waals surface area contributed by atoms with E-state index in [1.165, 1.54) is 4.90 Å². The Morgan fingerprint density at radius 2 is 2.38 bits per heavy atom. The third-order valence-electron chi connectivity index (χ3n) is 2.34. The molecule has 2 amide bonds. The first-order valence-electron chi connectivity index (χ1n) is 4.60. The van der Waals surface area contributed by atoms with Crippen molar-refractivity contribution in [2.45, 2.75) is 6.42 Å². The van der Waals surface area contributed by atoms with Gasteiger partial charge >= 0.3 is 12.0 Å². The first-order chi connectivity index (χ1) is 7.66. The standard InChI is InChI=1S/C7H9N5O3S/c13-5(14)4-1-2-12(3-4)7(15)8-6-9-10-11-16-6/h4H,1-3H2,(H,13,14)(H,8,9,11,15). The highest BCUT2D eigenvalue weighted by Crippen LogP contribution is 2.17. The van der Waals surface area contributed by atoms with Crippen LogP contribution in [-0.4, -0.2) is 49.9 Å². The van der Waals surface area contributed by atoms with Crippen LogP contribution in [0.2, 0.25) is 0 Å². The van der Waals surface area contributed by atoms with E-state index in [1.54, 1.807) is 0 Å². The van der Waals surface area contributed by atoms with Crippen molar-refractivity contribution in [2.75, 3.05) is 18.4 Å². The molecule has 1 fully saturated rings. The fourth-order valence-electron chi connectivity index (χ4n) is 1.50. The van der Waals surface area contributed by atoms with Crippen LogP contribution in [0.25, 0.3) is 0 Å². The van der Waals surface area contributed by atoms with E-state index in [4.69, 9.17) is 5.11 Å². The van der Waals surface area contributed by atoms with Gasteiger partial charge in [0.05, 0.1) is 5.92 Å². The Kier molecular flexibility index (Phi) is 2.95. The molecule has 0 aromatic carbocycles. The van der Waals surface area contributed by atoms with Crippen molar-refractivity contribution in [2.24, 2.45) is 5.92 Å². The number of rotatable bonds is 2. The zero-order valence-electron chi connectivity index (χ0n) is 8.16. The molecule has 0 radical (unpaired) electrons. The van der Waals surface area contributed by atoms with E-state index >= 15 is 0 Å². The molecule has 2 N–H and O–H groups in total. The largest absolute Gasteiger partial charge is 0.481 e. The minimum absolute atomic E-state index is 0.230. The second-order valence-electron chi connectivity index (χ2n) is 3.37. The predicted octanol–water partition coefficient (Wildman–Crippen LogP) is -0.129. The van der Waals surface area contributed by atoms with E-state index in [-0.39, 0.29) is 12.6 Å². The zero-order chi connectivity index (χ0) is 11.5. The summed E-state index contributed by atoms with van der Waals surface area (Å²) in [6, 6.07) is -0.359. The number of likely N-dealkylation sites (tertiary alicyclic amines) is 1. The van der Waals surface area contributed by atoms with E-state index in [1.807, 2.05) is 0 Å². The second kappa shape index (κ2) is 4.39. The van der Waals surface area contributed by atoms with Crippen LogP contribution in [-0.2, 0) is 4.79 Å². The Morgan fingerprint density at radius 1 is 1.56 bits per heavy atom. The molecule has 86 valence electrons. The summed E-state index contributed by atoms with van der Waals surface area (Å²) in [5.74, 6) is -1.34. The van der Waals surface area contributed by atoms with Crippen molar-refractivity contribution in [3.05, 3.63) is 0 Å². The van der Waals surface area contributed by atoms with Gasteiger partial charge in [-0.25, -0.2) is 4.79 Å². The monoisotopic (exact) mass is 243 g/mol. The second-order valence-corrected chi connectivity index (χ2v) is 4.10. The number of nitrogens with one attached hydrogen (secondary N) is 1. The minimum atomic E-state index is -0.868. The molecule has 1 aromatic rings. The average molecular weight is 243 g/mol. The average Bonchev–Trinajstić information content (AvgIpc) is 2.86. The van der Waals surface area contributed by atoms with Crippen LogP contribution in [0.3, 0.4) is 0 Å². The van der Waals surface area contributed by atoms with Crippen molar-refractivity contribution < 1.29 is 14.7 Å². The Morgan fingerprint density at radius 3 is 2.94 bits per heavy atom. The van der Waals surface area contributed by atoms with Crippen LogP contribution >= 0.6 is 11.5 Å². The molecule has 2 heterocycles. The maximum Gasteiger partial charge on any atom is 0.323 e. The Hall–Kier alpha value is -1.77. The molecular formula is C7H9N5O3S. The van der Waals surface area contributed by atoms with Gasteiger partial charge in [0.2, 0.25) is 5.13 Å². The van der Waals surface area contributed by atoms with Crippen LogP contribution in [0.1, 0.15) is 6.42 Å². The lowest BCUT2D eigenvalue weighted by molar-refractivity contribution is -0.141. The number of hydrogen-bond acceptors (Lipinski definition) is 6. The maximum absolute atomic E-state index is 11.6. The van der Waals surface area contributed by atoms with E-state index in [0.717, 1.165) is 11.5 Å². The Bertz CT molecular complexity index is 395. The molecule has 1 aromatic heterocycles. The first-order valence-corrected chi connectivity index (χ1v) is 5.38. The van der Waals surface area contributed by atoms with Gasteiger partial charge in [0.25, 0.3) is 0 Å². The molecule has 8 nitrogen and oxygen atoms in total. The van der Waals surface area contributed by atoms with Crippen LogP contribution < -0.4 is 5.32 Å². The van der Waals surface area contributed by atoms with Crippen LogP contribution in [0.15, 0.2) is 0 Å². The van der Waals surface area contributed by atoms with Crippen molar-refractivity contribution in [1.82, 2.24) is 19.7 Å². The lowest BCUT2D eigenvalue weighted by Gasteiger charge is -2.14. The number of carbonyl (C=O) groups is 2. The van der Waals surface area contributed by atoms with Gasteiger partial charge in [-0.2, -0.15) is 0 Å². The molecule has 0 saturated carbocycles. The Balaban J connectivity index is 1.90. The zero-order valence-corrected chi connectivity index (χ0v) is 8.98. The number of aromatic nitrogens is 3. The van der Waals surface area contributed by atoms with E-state index < -0.39 is 11.9 Å². The summed E-state index contributed by atoms with van der Waals surface area (Å²) in [6.45, 7) is 0.669. The number of carboxylic acids is 1. The maximum atomic E-state index is 11.6. The third-order valence-corrected chi connectivity index (χ3v) is 2.85. The fraction of sp³-hybridized carbons (Fsp3) is 0.571. The molecule has 1 atom stereocenters. The molecule has 9 heteroatoms. The van der Waals surface area contributed by atoms with Crippen LogP contribution in [0, 0.1) is 5.92 Å². The molecule has 1 aliphatic heterocycles. The summed E-state index contributed by atoms with van der Waals surface area (Å²) < 4.78 is 3.50. The number of aliphatic carboxylic acids is 1. The number of carboxylic acid groups (broad SMARTS) is 1. The topological polar surface area (TPSA) is 108 Å². The smallest absolute Gasteiger partial charge is 0.323 e. The first kappa shape index (κ1) is 10.7. The van der Waals surface area contributed by atoms with Gasteiger partial charge in [-0.05, 0) is 11.6 Å². The number of urea groups is 1. The van der Waals surface area contributed by atoms with Crippen LogP contribution in [0.4, 0.5) is 9.93 Å². The van der Waals surface area contributed by atoms with Crippen molar-refractivity contribution >= 4 is 28.7 Å². The number of hydrogen-bond donors (Lipinski definition) is 2. The van der Waals surface area contributed by atoms with Crippen molar-refractivity contribution in [3.8, 4) is 0 Å². The summed E-state index contributed by atoms with van der Waals surface area (Å²) in [5.41, 5.74) is 0. The molecule has 2 rings (SSSR count). The van der Waals surface area contributed by atoms with Gasteiger partial charge in [0, 0.05) is 24.6 Å². The van der Waals surface area contributed by atoms with Gasteiger partial charge in [-0.3, -0.25) is 10.1 Å². The highest BCUT2D eigenvalue weighted by Gasteiger charge is 2.31. The van der Waals surface area contributed by atoms with E-state index in [9.17, 15) is 9.59 Å². The SMILES string of the molecule is O=C(O)C1CCN(C(=O)Nc2nnns2)C1. The molecule has 0 aliphatic carbocycles. The van der Waals surface area contributed by atoms with Gasteiger partial charge < -0.3 is 10.0 Å². The summed E-state index contributed by atoms with van der Waals surface area (Å²) in [4.78, 5) is 23.8. The number of anilines is 1. The highest BCUT2D eigenvalue weighted by molar-refractivity contribution is 7.09. The van der Waals surface area contributed by atoms with Crippen molar-refractivity contribution in [1.29, 1.82) is 0 Å². The lowest BCUT2D eigenvalue weighted by Crippen LogP contribution is -2.33. The summed E-state index contributed by atoms with van der Waals surface area (Å²) in [6.07, 6.45) is 0.483. The number of carbonyl (C=O) groups excluding carboxylic acids is 1. The highest BCUT2D eigenvalue weighted by atomic mass is 32.1. The molecule has 0 bridgehead atoms. The van der Waals surface area contributed by atoms with Gasteiger partial charge in [0.15, 0.2) is 0 Å². The predicted molar refractivity (Wildman–Crippen MR) is 54.0 cm³/mol. The fourth-order valence-corrected chi connectivity index (χ4v) is 1.86. The van der Waals surface area contributed by atoms with E-state index in [0.29, 0.717) is 18.1 Å². The molecule has 1 unspecified atom stereocenters. The van der Waals surface area contributed by atoms with E-state index in [2.05, 4.69) is 20.1 Å². The lowest BCUT2D eigenvalue weighted by atomic mass is 10.1. The third kappa shape index (κ3) is 2.24. The quantitative estimate of drug-likeness (QED) is 0.749. The summed E-state index contributed by atoms with van der Waals surface area (Å²) in [7, 11) is 0. The molecule has 0 spiro atoms. The normalized spacial score (nSPS) is 19.8. The van der Waals surface area contributed by atoms with Crippen LogP contribution in [0.5, 0.6) is 0 Å². The summed E-state index contributed by atoms with van der Waals surface area (Å²) >= 11 is 0.970.